The first-order valence-electron chi connectivity index (χ1n) is 6.26. The summed E-state index contributed by atoms with van der Waals surface area (Å²) < 4.78 is 31.8. The molecule has 21 heavy (non-hydrogen) atoms. The fraction of sp³-hybridized carbons (Fsp3) is 0.0667. The summed E-state index contributed by atoms with van der Waals surface area (Å²) in [4.78, 5) is 4.01. The topological polar surface area (TPSA) is 64.9 Å². The van der Waals surface area contributed by atoms with Gasteiger partial charge >= 0.3 is 0 Å². The van der Waals surface area contributed by atoms with Gasteiger partial charge in [-0.25, -0.2) is 8.78 Å². The summed E-state index contributed by atoms with van der Waals surface area (Å²) >= 11 is 0. The van der Waals surface area contributed by atoms with Gasteiger partial charge in [-0.15, -0.1) is 0 Å². The molecule has 6 heteroatoms. The van der Waals surface area contributed by atoms with Gasteiger partial charge in [-0.3, -0.25) is 0 Å². The Balaban J connectivity index is 2.05. The molecule has 0 fully saturated rings. The number of aromatic nitrogens is 2. The molecular weight excluding hydrogens is 276 g/mol. The minimum Gasteiger partial charge on any atom is -0.338 e. The normalized spacial score (nSPS) is 10.8. The van der Waals surface area contributed by atoms with Crippen molar-refractivity contribution in [3.8, 4) is 22.5 Å². The molecule has 0 saturated carbocycles. The van der Waals surface area contributed by atoms with E-state index < -0.39 is 5.82 Å². The number of benzene rings is 2. The molecule has 3 aromatic rings. The lowest BCUT2D eigenvalue weighted by Gasteiger charge is -2.04. The van der Waals surface area contributed by atoms with Gasteiger partial charge in [-0.1, -0.05) is 23.4 Å². The van der Waals surface area contributed by atoms with Crippen LogP contribution in [0, 0.1) is 11.6 Å². The Labute approximate surface area is 119 Å². The van der Waals surface area contributed by atoms with Crippen LogP contribution in [0.15, 0.2) is 47.0 Å². The van der Waals surface area contributed by atoms with E-state index in [9.17, 15) is 8.78 Å². The van der Waals surface area contributed by atoms with Gasteiger partial charge in [0.15, 0.2) is 0 Å². The van der Waals surface area contributed by atoms with Gasteiger partial charge in [0.1, 0.15) is 11.6 Å². The van der Waals surface area contributed by atoms with Crippen molar-refractivity contribution in [2.45, 2.75) is 6.54 Å². The molecule has 0 saturated heterocycles. The minimum atomic E-state index is -0.467. The maximum absolute atomic E-state index is 13.9. The van der Waals surface area contributed by atoms with Crippen LogP contribution in [0.1, 0.15) is 5.89 Å². The van der Waals surface area contributed by atoms with Crippen molar-refractivity contribution in [2.24, 2.45) is 5.73 Å². The van der Waals surface area contributed by atoms with E-state index in [2.05, 4.69) is 10.1 Å². The molecule has 2 aromatic carbocycles. The molecule has 1 aromatic heterocycles. The van der Waals surface area contributed by atoms with Crippen LogP contribution in [-0.4, -0.2) is 10.1 Å². The highest BCUT2D eigenvalue weighted by atomic mass is 19.1. The van der Waals surface area contributed by atoms with Crippen molar-refractivity contribution in [1.29, 1.82) is 0 Å². The molecule has 0 spiro atoms. The molecule has 0 aliphatic heterocycles. The Hall–Kier alpha value is -2.60. The van der Waals surface area contributed by atoms with Crippen molar-refractivity contribution in [1.82, 2.24) is 10.1 Å². The van der Waals surface area contributed by atoms with Gasteiger partial charge in [-0.2, -0.15) is 4.98 Å². The summed E-state index contributed by atoms with van der Waals surface area (Å²) in [6, 6.07) is 10.4. The van der Waals surface area contributed by atoms with E-state index >= 15 is 0 Å². The highest BCUT2D eigenvalue weighted by Gasteiger charge is 2.13. The quantitative estimate of drug-likeness (QED) is 0.803. The molecule has 1 heterocycles. The van der Waals surface area contributed by atoms with Gasteiger partial charge in [0.05, 0.1) is 12.1 Å². The summed E-state index contributed by atoms with van der Waals surface area (Å²) in [7, 11) is 0. The fourth-order valence-electron chi connectivity index (χ4n) is 1.97. The molecule has 2 N–H and O–H groups in total. The predicted octanol–water partition coefficient (Wildman–Crippen LogP) is 3.14. The minimum absolute atomic E-state index is 0.0896. The average molecular weight is 287 g/mol. The second-order valence-corrected chi connectivity index (χ2v) is 4.42. The molecule has 0 aliphatic carbocycles. The summed E-state index contributed by atoms with van der Waals surface area (Å²) in [6.45, 7) is 0.0896. The lowest BCUT2D eigenvalue weighted by Crippen LogP contribution is -1.96. The summed E-state index contributed by atoms with van der Waals surface area (Å²) in [5.74, 6) is -0.425. The van der Waals surface area contributed by atoms with Crippen molar-refractivity contribution in [3.63, 3.8) is 0 Å². The Morgan fingerprint density at radius 3 is 2.38 bits per heavy atom. The number of nitrogens with zero attached hydrogens (tertiary/aromatic N) is 2. The number of hydrogen-bond acceptors (Lipinski definition) is 4. The van der Waals surface area contributed by atoms with Gasteiger partial charge in [-0.05, 0) is 35.4 Å². The monoisotopic (exact) mass is 287 g/mol. The van der Waals surface area contributed by atoms with Crippen LogP contribution in [-0.2, 0) is 6.54 Å². The van der Waals surface area contributed by atoms with Crippen molar-refractivity contribution in [2.75, 3.05) is 0 Å². The van der Waals surface area contributed by atoms with Crippen molar-refractivity contribution < 1.29 is 13.3 Å². The van der Waals surface area contributed by atoms with Crippen LogP contribution >= 0.6 is 0 Å². The van der Waals surface area contributed by atoms with E-state index in [0.29, 0.717) is 0 Å². The second kappa shape index (κ2) is 5.41. The van der Waals surface area contributed by atoms with Crippen LogP contribution in [0.3, 0.4) is 0 Å². The van der Waals surface area contributed by atoms with Crippen LogP contribution in [0.25, 0.3) is 22.5 Å². The van der Waals surface area contributed by atoms with E-state index in [1.165, 1.54) is 18.2 Å². The van der Waals surface area contributed by atoms with Crippen LogP contribution in [0.4, 0.5) is 8.78 Å². The summed E-state index contributed by atoms with van der Waals surface area (Å²) in [5, 5.41) is 3.70. The largest absolute Gasteiger partial charge is 0.338 e. The smallest absolute Gasteiger partial charge is 0.240 e. The molecule has 0 amide bonds. The Morgan fingerprint density at radius 1 is 1.00 bits per heavy atom. The zero-order valence-corrected chi connectivity index (χ0v) is 10.9. The molecule has 0 unspecified atom stereocenters. The third-order valence-electron chi connectivity index (χ3n) is 3.03. The van der Waals surface area contributed by atoms with Gasteiger partial charge in [0, 0.05) is 0 Å². The zero-order valence-electron chi connectivity index (χ0n) is 10.9. The first-order chi connectivity index (χ1) is 10.2. The SMILES string of the molecule is NCc1nc(-c2cc(-c3ccc(F)cc3)ccc2F)no1. The van der Waals surface area contributed by atoms with Crippen LogP contribution in [0.2, 0.25) is 0 Å². The van der Waals surface area contributed by atoms with Gasteiger partial charge < -0.3 is 10.3 Å². The van der Waals surface area contributed by atoms with Crippen LogP contribution < -0.4 is 5.73 Å². The highest BCUT2D eigenvalue weighted by molar-refractivity contribution is 5.70. The van der Waals surface area contributed by atoms with E-state index in [0.717, 1.165) is 11.1 Å². The molecule has 0 aliphatic rings. The third-order valence-corrected chi connectivity index (χ3v) is 3.03. The molecule has 106 valence electrons. The lowest BCUT2D eigenvalue weighted by molar-refractivity contribution is 0.380. The first kappa shape index (κ1) is 13.4. The van der Waals surface area contributed by atoms with E-state index in [1.54, 1.807) is 24.3 Å². The average Bonchev–Trinajstić information content (AvgIpc) is 2.97. The van der Waals surface area contributed by atoms with Crippen LogP contribution in [0.5, 0.6) is 0 Å². The summed E-state index contributed by atoms with van der Waals surface area (Å²) in [5.41, 5.74) is 7.09. The first-order valence-corrected chi connectivity index (χ1v) is 6.26. The lowest BCUT2D eigenvalue weighted by atomic mass is 10.0. The van der Waals surface area contributed by atoms with Crippen molar-refractivity contribution >= 4 is 0 Å². The maximum Gasteiger partial charge on any atom is 0.240 e. The van der Waals surface area contributed by atoms with E-state index in [4.69, 9.17) is 10.3 Å². The Kier molecular flexibility index (Phi) is 3.45. The molecule has 3 rings (SSSR count). The second-order valence-electron chi connectivity index (χ2n) is 4.42. The molecular formula is C15H11F2N3O. The number of nitrogens with two attached hydrogens (primary N) is 1. The van der Waals surface area contributed by atoms with E-state index in [-0.39, 0.29) is 29.6 Å². The predicted molar refractivity (Wildman–Crippen MR) is 73.0 cm³/mol. The van der Waals surface area contributed by atoms with E-state index in [1.807, 2.05) is 0 Å². The summed E-state index contributed by atoms with van der Waals surface area (Å²) in [6.07, 6.45) is 0. The fourth-order valence-corrected chi connectivity index (χ4v) is 1.97. The molecule has 0 radical (unpaired) electrons. The number of hydrogen-bond donors (Lipinski definition) is 1. The molecule has 0 atom stereocenters. The third kappa shape index (κ3) is 2.66. The number of rotatable bonds is 3. The highest BCUT2D eigenvalue weighted by Crippen LogP contribution is 2.27. The maximum atomic E-state index is 13.9. The molecule has 4 nitrogen and oxygen atoms in total. The standard InChI is InChI=1S/C15H11F2N3O/c16-11-4-1-9(2-5-11)10-3-6-13(17)12(7-10)15-19-14(8-18)21-20-15/h1-7H,8,18H2. The van der Waals surface area contributed by atoms with Gasteiger partial charge in [0.25, 0.3) is 0 Å². The van der Waals surface area contributed by atoms with Gasteiger partial charge in [0.2, 0.25) is 11.7 Å². The van der Waals surface area contributed by atoms with Crippen molar-refractivity contribution in [3.05, 3.63) is 60.0 Å². The number of halogens is 2. The Bertz CT molecular complexity index is 769. The zero-order chi connectivity index (χ0) is 14.8. The molecule has 0 bridgehead atoms. The Morgan fingerprint density at radius 2 is 1.71 bits per heavy atom.